The van der Waals surface area contributed by atoms with Crippen molar-refractivity contribution in [2.24, 2.45) is 0 Å². The van der Waals surface area contributed by atoms with Gasteiger partial charge >= 0.3 is 0 Å². The normalized spacial score (nSPS) is 10.8. The van der Waals surface area contributed by atoms with Crippen LogP contribution >= 0.6 is 0 Å². The first-order chi connectivity index (χ1) is 15.3. The molecule has 0 atom stereocenters. The van der Waals surface area contributed by atoms with E-state index in [0.29, 0.717) is 33.8 Å². The first-order valence-corrected chi connectivity index (χ1v) is 9.78. The molecular weight excluding hydrogens is 410 g/mol. The second-order valence-corrected chi connectivity index (χ2v) is 7.33. The summed E-state index contributed by atoms with van der Waals surface area (Å²) >= 11 is 0. The minimum Gasteiger partial charge on any atom is -0.322 e. The van der Waals surface area contributed by atoms with Gasteiger partial charge in [0.15, 0.2) is 5.65 Å². The number of carbonyl (C=O) groups excluding carboxylic acids is 1. The Hall–Kier alpha value is -4.40. The third-order valence-electron chi connectivity index (χ3n) is 5.27. The van der Waals surface area contributed by atoms with Gasteiger partial charge in [0, 0.05) is 29.1 Å². The zero-order chi connectivity index (χ0) is 23.0. The highest BCUT2D eigenvalue weighted by atomic mass is 16.6. The smallest absolute Gasteiger partial charge is 0.273 e. The number of fused-ring (bicyclic) bond motifs is 1. The van der Waals surface area contributed by atoms with Crippen LogP contribution in [-0.4, -0.2) is 25.4 Å². The molecule has 9 heteroatoms. The van der Waals surface area contributed by atoms with Crippen LogP contribution in [0.15, 0.2) is 59.5 Å². The van der Waals surface area contributed by atoms with E-state index in [9.17, 15) is 19.7 Å². The van der Waals surface area contributed by atoms with Gasteiger partial charge in [-0.2, -0.15) is 0 Å². The molecule has 4 rings (SSSR count). The number of hydrogen-bond donors (Lipinski definition) is 1. The molecule has 4 aromatic rings. The molecule has 2 heterocycles. The summed E-state index contributed by atoms with van der Waals surface area (Å²) in [5.74, 6) is 0.0402. The Morgan fingerprint density at radius 1 is 1.09 bits per heavy atom. The molecular formula is C23H19N5O4. The average molecular weight is 429 g/mol. The number of benzene rings is 2. The summed E-state index contributed by atoms with van der Waals surface area (Å²) in [6.07, 6.45) is 1.59. The third-order valence-corrected chi connectivity index (χ3v) is 5.27. The maximum Gasteiger partial charge on any atom is 0.273 e. The van der Waals surface area contributed by atoms with Gasteiger partial charge in [0.1, 0.15) is 5.82 Å². The quantitative estimate of drug-likeness (QED) is 0.388. The van der Waals surface area contributed by atoms with E-state index in [1.54, 1.807) is 63.4 Å². The van der Waals surface area contributed by atoms with Gasteiger partial charge in [-0.05, 0) is 62.7 Å². The number of anilines is 1. The summed E-state index contributed by atoms with van der Waals surface area (Å²) in [5.41, 5.74) is 2.42. The van der Waals surface area contributed by atoms with Crippen molar-refractivity contribution in [1.29, 1.82) is 0 Å². The van der Waals surface area contributed by atoms with Crippen molar-refractivity contribution in [2.45, 2.75) is 20.8 Å². The molecule has 0 bridgehead atoms. The van der Waals surface area contributed by atoms with Gasteiger partial charge in [-0.1, -0.05) is 6.07 Å². The molecule has 0 unspecified atom stereocenters. The predicted octanol–water partition coefficient (Wildman–Crippen LogP) is 3.87. The molecule has 0 radical (unpaired) electrons. The second-order valence-electron chi connectivity index (χ2n) is 7.33. The van der Waals surface area contributed by atoms with Crippen molar-refractivity contribution in [3.8, 4) is 5.69 Å². The average Bonchev–Trinajstić information content (AvgIpc) is 2.75. The van der Waals surface area contributed by atoms with E-state index in [1.165, 1.54) is 16.7 Å². The highest BCUT2D eigenvalue weighted by molar-refractivity contribution is 6.06. The zero-order valence-electron chi connectivity index (χ0n) is 17.6. The van der Waals surface area contributed by atoms with Crippen LogP contribution in [0.4, 0.5) is 11.4 Å². The lowest BCUT2D eigenvalue weighted by molar-refractivity contribution is -0.385. The van der Waals surface area contributed by atoms with Crippen LogP contribution < -0.4 is 10.9 Å². The molecule has 9 nitrogen and oxygen atoms in total. The van der Waals surface area contributed by atoms with Crippen LogP contribution in [0.2, 0.25) is 0 Å². The third kappa shape index (κ3) is 3.60. The molecule has 2 aromatic heterocycles. The van der Waals surface area contributed by atoms with Gasteiger partial charge in [0.05, 0.1) is 16.0 Å². The number of aromatic nitrogens is 3. The van der Waals surface area contributed by atoms with Crippen LogP contribution in [-0.2, 0) is 0 Å². The fourth-order valence-electron chi connectivity index (χ4n) is 3.61. The first kappa shape index (κ1) is 20.9. The van der Waals surface area contributed by atoms with Gasteiger partial charge < -0.3 is 5.32 Å². The molecule has 1 amide bonds. The van der Waals surface area contributed by atoms with Gasteiger partial charge in [-0.3, -0.25) is 24.3 Å². The number of amides is 1. The fraction of sp³-hybridized carbons (Fsp3) is 0.130. The Kier molecular flexibility index (Phi) is 5.23. The molecule has 0 spiro atoms. The van der Waals surface area contributed by atoms with Crippen molar-refractivity contribution < 1.29 is 9.72 Å². The Morgan fingerprint density at radius 3 is 2.59 bits per heavy atom. The van der Waals surface area contributed by atoms with Gasteiger partial charge in [-0.25, -0.2) is 9.97 Å². The number of pyridine rings is 1. The van der Waals surface area contributed by atoms with Crippen LogP contribution in [0.5, 0.6) is 0 Å². The Labute approximate surface area is 182 Å². The van der Waals surface area contributed by atoms with Crippen LogP contribution in [0.25, 0.3) is 16.7 Å². The van der Waals surface area contributed by atoms with E-state index in [1.807, 2.05) is 0 Å². The van der Waals surface area contributed by atoms with E-state index in [0.717, 1.165) is 5.56 Å². The molecule has 32 heavy (non-hydrogen) atoms. The van der Waals surface area contributed by atoms with Crippen molar-refractivity contribution in [3.05, 3.63) is 97.7 Å². The molecule has 1 N–H and O–H groups in total. The van der Waals surface area contributed by atoms with E-state index < -0.39 is 10.8 Å². The van der Waals surface area contributed by atoms with Crippen LogP contribution in [0.3, 0.4) is 0 Å². The summed E-state index contributed by atoms with van der Waals surface area (Å²) < 4.78 is 1.49. The number of carbonyl (C=O) groups is 1. The van der Waals surface area contributed by atoms with Crippen molar-refractivity contribution >= 4 is 28.3 Å². The molecule has 0 aliphatic heterocycles. The predicted molar refractivity (Wildman–Crippen MR) is 120 cm³/mol. The summed E-state index contributed by atoms with van der Waals surface area (Å²) in [6, 6.07) is 12.9. The van der Waals surface area contributed by atoms with E-state index >= 15 is 0 Å². The number of nitro groups is 1. The fourth-order valence-corrected chi connectivity index (χ4v) is 3.61. The van der Waals surface area contributed by atoms with E-state index in [2.05, 4.69) is 15.3 Å². The summed E-state index contributed by atoms with van der Waals surface area (Å²) in [4.78, 5) is 45.0. The van der Waals surface area contributed by atoms with E-state index in [-0.39, 0.29) is 16.8 Å². The Balaban J connectivity index is 1.69. The number of rotatable bonds is 4. The summed E-state index contributed by atoms with van der Waals surface area (Å²) in [6.45, 7) is 5.07. The maximum absolute atomic E-state index is 13.0. The molecule has 0 saturated heterocycles. The van der Waals surface area contributed by atoms with Crippen molar-refractivity contribution in [1.82, 2.24) is 14.5 Å². The van der Waals surface area contributed by atoms with E-state index in [4.69, 9.17) is 0 Å². The highest BCUT2D eigenvalue weighted by Crippen LogP contribution is 2.24. The number of nitrogens with zero attached hydrogens (tertiary/aromatic N) is 4. The molecule has 0 fully saturated rings. The molecule has 0 aliphatic rings. The molecule has 160 valence electrons. The molecule has 0 aliphatic carbocycles. The second kappa shape index (κ2) is 8.03. The molecule has 2 aromatic carbocycles. The van der Waals surface area contributed by atoms with Gasteiger partial charge in [0.25, 0.3) is 17.2 Å². The first-order valence-electron chi connectivity index (χ1n) is 9.78. The summed E-state index contributed by atoms with van der Waals surface area (Å²) in [5, 5.41) is 14.4. The van der Waals surface area contributed by atoms with Crippen LogP contribution in [0, 0.1) is 30.9 Å². The number of nitro benzene ring substituents is 1. The van der Waals surface area contributed by atoms with Gasteiger partial charge in [0.2, 0.25) is 0 Å². The SMILES string of the molecule is Cc1cc(-n2c(C)nc3ncccc3c2=O)ccc1NC(=O)c1cccc([N+](=O)[O-])c1C. The number of nitrogens with one attached hydrogen (secondary N) is 1. The largest absolute Gasteiger partial charge is 0.322 e. The van der Waals surface area contributed by atoms with Crippen molar-refractivity contribution in [3.63, 3.8) is 0 Å². The highest BCUT2D eigenvalue weighted by Gasteiger charge is 2.19. The lowest BCUT2D eigenvalue weighted by Gasteiger charge is -2.14. The number of aryl methyl sites for hydroxylation is 2. The minimum absolute atomic E-state index is 0.113. The lowest BCUT2D eigenvalue weighted by Crippen LogP contribution is -2.23. The Morgan fingerprint density at radius 2 is 1.88 bits per heavy atom. The Bertz CT molecular complexity index is 1460. The van der Waals surface area contributed by atoms with Gasteiger partial charge in [-0.15, -0.1) is 0 Å². The summed E-state index contributed by atoms with van der Waals surface area (Å²) in [7, 11) is 0. The minimum atomic E-state index is -0.515. The lowest BCUT2D eigenvalue weighted by atomic mass is 10.1. The molecule has 0 saturated carbocycles. The standard InChI is InChI=1S/C23H19N5O4/c1-13-12-16(27-15(3)25-21-18(23(27)30)7-5-11-24-21)9-10-19(13)26-22(29)17-6-4-8-20(14(17)2)28(31)32/h4-12H,1-3H3,(H,26,29). The number of hydrogen-bond acceptors (Lipinski definition) is 6. The topological polar surface area (TPSA) is 120 Å². The zero-order valence-corrected chi connectivity index (χ0v) is 17.6. The maximum atomic E-state index is 13.0. The van der Waals surface area contributed by atoms with Crippen LogP contribution in [0.1, 0.15) is 27.3 Å². The monoisotopic (exact) mass is 429 g/mol. The van der Waals surface area contributed by atoms with Crippen molar-refractivity contribution in [2.75, 3.05) is 5.32 Å².